The maximum Gasteiger partial charge on any atom is 0.124 e. The molecular formula is C16H19NO2. The Morgan fingerprint density at radius 2 is 1.95 bits per heavy atom. The summed E-state index contributed by atoms with van der Waals surface area (Å²) in [5, 5.41) is 12.9. The van der Waals surface area contributed by atoms with Crippen molar-refractivity contribution < 1.29 is 9.84 Å². The summed E-state index contributed by atoms with van der Waals surface area (Å²) in [4.78, 5) is 0. The lowest BCUT2D eigenvalue weighted by Crippen LogP contribution is -2.15. The van der Waals surface area contributed by atoms with Gasteiger partial charge in [0.1, 0.15) is 5.75 Å². The monoisotopic (exact) mass is 257 g/mol. The highest BCUT2D eigenvalue weighted by Crippen LogP contribution is 2.27. The summed E-state index contributed by atoms with van der Waals surface area (Å²) < 4.78 is 5.34. The Kier molecular flexibility index (Phi) is 4.42. The van der Waals surface area contributed by atoms with Gasteiger partial charge in [-0.05, 0) is 30.7 Å². The molecule has 3 nitrogen and oxygen atoms in total. The molecule has 2 aromatic rings. The molecule has 3 heteroatoms. The number of anilines is 1. The van der Waals surface area contributed by atoms with E-state index in [9.17, 15) is 5.11 Å². The van der Waals surface area contributed by atoms with E-state index in [1.54, 1.807) is 7.11 Å². The van der Waals surface area contributed by atoms with Gasteiger partial charge in [0.05, 0.1) is 19.8 Å². The van der Waals surface area contributed by atoms with Gasteiger partial charge in [-0.2, -0.15) is 0 Å². The molecule has 2 N–H and O–H groups in total. The fraction of sp³-hybridized carbons (Fsp3) is 0.250. The largest absolute Gasteiger partial charge is 0.496 e. The van der Waals surface area contributed by atoms with Crippen LogP contribution < -0.4 is 10.1 Å². The number of ether oxygens (including phenoxy) is 1. The average Bonchev–Trinajstić information content (AvgIpc) is 2.45. The van der Waals surface area contributed by atoms with Gasteiger partial charge in [-0.1, -0.05) is 30.3 Å². The molecule has 0 saturated heterocycles. The van der Waals surface area contributed by atoms with Crippen molar-refractivity contribution in [2.45, 2.75) is 13.0 Å². The van der Waals surface area contributed by atoms with Gasteiger partial charge in [-0.15, -0.1) is 0 Å². The SMILES string of the molecule is COc1ccccc1C(CO)Nc1cccc(C)c1. The number of aryl methyl sites for hydroxylation is 1. The van der Waals surface area contributed by atoms with Crippen molar-refractivity contribution in [1.29, 1.82) is 0 Å². The first-order valence-corrected chi connectivity index (χ1v) is 6.31. The second-order valence-electron chi connectivity index (χ2n) is 4.49. The zero-order valence-corrected chi connectivity index (χ0v) is 11.3. The van der Waals surface area contributed by atoms with Gasteiger partial charge in [-0.25, -0.2) is 0 Å². The second-order valence-corrected chi connectivity index (χ2v) is 4.49. The quantitative estimate of drug-likeness (QED) is 0.864. The molecule has 19 heavy (non-hydrogen) atoms. The highest BCUT2D eigenvalue weighted by Gasteiger charge is 2.14. The van der Waals surface area contributed by atoms with Crippen molar-refractivity contribution in [3.63, 3.8) is 0 Å². The summed E-state index contributed by atoms with van der Waals surface area (Å²) in [6.45, 7) is 2.05. The van der Waals surface area contributed by atoms with E-state index in [1.165, 1.54) is 5.56 Å². The van der Waals surface area contributed by atoms with E-state index in [4.69, 9.17) is 4.74 Å². The molecule has 0 aliphatic carbocycles. The topological polar surface area (TPSA) is 41.5 Å². The van der Waals surface area contributed by atoms with Crippen molar-refractivity contribution in [3.05, 3.63) is 59.7 Å². The number of aliphatic hydroxyl groups excluding tert-OH is 1. The number of benzene rings is 2. The van der Waals surface area contributed by atoms with Crippen LogP contribution in [0.2, 0.25) is 0 Å². The highest BCUT2D eigenvalue weighted by atomic mass is 16.5. The van der Waals surface area contributed by atoms with Crippen LogP contribution in [0.3, 0.4) is 0 Å². The van der Waals surface area contributed by atoms with Gasteiger partial charge in [0, 0.05) is 11.3 Å². The summed E-state index contributed by atoms with van der Waals surface area (Å²) in [5.74, 6) is 0.779. The molecule has 1 unspecified atom stereocenters. The summed E-state index contributed by atoms with van der Waals surface area (Å²) in [7, 11) is 1.64. The third-order valence-electron chi connectivity index (χ3n) is 3.06. The Bertz CT molecular complexity index is 540. The smallest absolute Gasteiger partial charge is 0.124 e. The number of rotatable bonds is 5. The van der Waals surface area contributed by atoms with Gasteiger partial charge in [-0.3, -0.25) is 0 Å². The maximum absolute atomic E-state index is 9.61. The number of methoxy groups -OCH3 is 1. The van der Waals surface area contributed by atoms with Crippen LogP contribution in [0, 0.1) is 6.92 Å². The van der Waals surface area contributed by atoms with Gasteiger partial charge in [0.25, 0.3) is 0 Å². The van der Waals surface area contributed by atoms with Crippen molar-refractivity contribution >= 4 is 5.69 Å². The first-order valence-electron chi connectivity index (χ1n) is 6.31. The Hall–Kier alpha value is -2.00. The Balaban J connectivity index is 2.25. The van der Waals surface area contributed by atoms with E-state index in [1.807, 2.05) is 49.4 Å². The minimum absolute atomic E-state index is 0.00825. The van der Waals surface area contributed by atoms with Crippen LogP contribution in [-0.2, 0) is 0 Å². The lowest BCUT2D eigenvalue weighted by molar-refractivity contribution is 0.273. The summed E-state index contributed by atoms with van der Waals surface area (Å²) in [6.07, 6.45) is 0. The van der Waals surface area contributed by atoms with Crippen molar-refractivity contribution in [2.75, 3.05) is 19.0 Å². The van der Waals surface area contributed by atoms with Crippen molar-refractivity contribution in [2.24, 2.45) is 0 Å². The molecule has 0 spiro atoms. The van der Waals surface area contributed by atoms with E-state index in [0.717, 1.165) is 17.0 Å². The Morgan fingerprint density at radius 3 is 2.63 bits per heavy atom. The minimum Gasteiger partial charge on any atom is -0.496 e. The van der Waals surface area contributed by atoms with Crippen molar-refractivity contribution in [1.82, 2.24) is 0 Å². The predicted octanol–water partition coefficient (Wildman–Crippen LogP) is 3.15. The lowest BCUT2D eigenvalue weighted by Gasteiger charge is -2.20. The third-order valence-corrected chi connectivity index (χ3v) is 3.06. The molecule has 0 fully saturated rings. The molecule has 2 aromatic carbocycles. The number of para-hydroxylation sites is 1. The number of aliphatic hydroxyl groups is 1. The number of hydrogen-bond acceptors (Lipinski definition) is 3. The minimum atomic E-state index is -0.182. The van der Waals surface area contributed by atoms with E-state index in [0.29, 0.717) is 0 Å². The number of nitrogens with one attached hydrogen (secondary N) is 1. The zero-order chi connectivity index (χ0) is 13.7. The molecule has 0 aliphatic heterocycles. The molecule has 0 bridgehead atoms. The van der Waals surface area contributed by atoms with Crippen LogP contribution in [0.15, 0.2) is 48.5 Å². The summed E-state index contributed by atoms with van der Waals surface area (Å²) >= 11 is 0. The Morgan fingerprint density at radius 1 is 1.16 bits per heavy atom. The first kappa shape index (κ1) is 13.4. The first-order chi connectivity index (χ1) is 9.24. The Labute approximate surface area is 113 Å². The maximum atomic E-state index is 9.61. The molecule has 1 atom stereocenters. The lowest BCUT2D eigenvalue weighted by atomic mass is 10.1. The normalized spacial score (nSPS) is 11.9. The molecule has 100 valence electrons. The number of hydrogen-bond donors (Lipinski definition) is 2. The van der Waals surface area contributed by atoms with Crippen LogP contribution in [0.4, 0.5) is 5.69 Å². The van der Waals surface area contributed by atoms with E-state index in [2.05, 4.69) is 11.4 Å². The molecule has 0 saturated carbocycles. The zero-order valence-electron chi connectivity index (χ0n) is 11.3. The highest BCUT2D eigenvalue weighted by molar-refractivity contribution is 5.49. The predicted molar refractivity (Wildman–Crippen MR) is 77.6 cm³/mol. The van der Waals surface area contributed by atoms with E-state index < -0.39 is 0 Å². The van der Waals surface area contributed by atoms with Crippen LogP contribution in [0.1, 0.15) is 17.2 Å². The van der Waals surface area contributed by atoms with E-state index >= 15 is 0 Å². The average molecular weight is 257 g/mol. The van der Waals surface area contributed by atoms with Gasteiger partial charge in [0.2, 0.25) is 0 Å². The molecule has 2 rings (SSSR count). The van der Waals surface area contributed by atoms with Gasteiger partial charge >= 0.3 is 0 Å². The molecule has 0 radical (unpaired) electrons. The van der Waals surface area contributed by atoms with Crippen molar-refractivity contribution in [3.8, 4) is 5.75 Å². The fourth-order valence-electron chi connectivity index (χ4n) is 2.11. The molecular weight excluding hydrogens is 238 g/mol. The van der Waals surface area contributed by atoms with Crippen LogP contribution in [0.25, 0.3) is 0 Å². The standard InChI is InChI=1S/C16H19NO2/c1-12-6-5-7-13(10-12)17-15(11-18)14-8-3-4-9-16(14)19-2/h3-10,15,17-18H,11H2,1-2H3. The van der Waals surface area contributed by atoms with Gasteiger partial charge < -0.3 is 15.2 Å². The summed E-state index contributed by atoms with van der Waals surface area (Å²) in [6, 6.07) is 15.6. The molecule has 0 aliphatic rings. The van der Waals surface area contributed by atoms with Gasteiger partial charge in [0.15, 0.2) is 0 Å². The molecule has 0 heterocycles. The molecule has 0 amide bonds. The molecule has 0 aromatic heterocycles. The second kappa shape index (κ2) is 6.25. The van der Waals surface area contributed by atoms with Crippen LogP contribution >= 0.6 is 0 Å². The van der Waals surface area contributed by atoms with Crippen LogP contribution in [0.5, 0.6) is 5.75 Å². The van der Waals surface area contributed by atoms with Crippen LogP contribution in [-0.4, -0.2) is 18.8 Å². The summed E-state index contributed by atoms with van der Waals surface area (Å²) in [5.41, 5.74) is 3.13. The third kappa shape index (κ3) is 3.26. The fourth-order valence-corrected chi connectivity index (χ4v) is 2.11. The van der Waals surface area contributed by atoms with E-state index in [-0.39, 0.29) is 12.6 Å².